The van der Waals surface area contributed by atoms with Crippen LogP contribution in [0.25, 0.3) is 11.1 Å². The fraction of sp³-hybridized carbons (Fsp3) is 0.250. The molecule has 3 rings (SSSR count). The minimum Gasteiger partial charge on any atom is -0.492 e. The molecule has 0 fully saturated rings. The number of halogens is 1. The summed E-state index contributed by atoms with van der Waals surface area (Å²) in [5.41, 5.74) is 1.97. The number of pyridine rings is 1. The van der Waals surface area contributed by atoms with E-state index in [0.29, 0.717) is 29.5 Å². The fourth-order valence-corrected chi connectivity index (χ4v) is 3.30. The Balaban J connectivity index is 1.86. The molecule has 0 aliphatic heterocycles. The molecule has 1 heterocycles. The molecule has 0 aliphatic rings. The van der Waals surface area contributed by atoms with Gasteiger partial charge >= 0.3 is 0 Å². The van der Waals surface area contributed by atoms with Gasteiger partial charge in [-0.1, -0.05) is 35.9 Å². The summed E-state index contributed by atoms with van der Waals surface area (Å²) in [6.07, 6.45) is 3.38. The van der Waals surface area contributed by atoms with Gasteiger partial charge in [-0.05, 0) is 55.3 Å². The van der Waals surface area contributed by atoms with Gasteiger partial charge < -0.3 is 14.0 Å². The lowest BCUT2D eigenvalue weighted by Crippen LogP contribution is -2.26. The van der Waals surface area contributed by atoms with Crippen LogP contribution in [0, 0.1) is 0 Å². The molecule has 0 saturated carbocycles. The molecule has 156 valence electrons. The van der Waals surface area contributed by atoms with Crippen molar-refractivity contribution in [1.82, 2.24) is 4.57 Å². The lowest BCUT2D eigenvalue weighted by atomic mass is 10.0. The predicted octanol–water partition coefficient (Wildman–Crippen LogP) is 5.08. The number of benzene rings is 2. The summed E-state index contributed by atoms with van der Waals surface area (Å²) in [6, 6.07) is 17.0. The van der Waals surface area contributed by atoms with E-state index in [0.717, 1.165) is 16.9 Å². The van der Waals surface area contributed by atoms with Crippen molar-refractivity contribution >= 4 is 17.8 Å². The number of hydrogen-bond acceptors (Lipinski definition) is 4. The van der Waals surface area contributed by atoms with Gasteiger partial charge in [0.1, 0.15) is 18.1 Å². The second-order valence-corrected chi connectivity index (χ2v) is 7.41. The Morgan fingerprint density at radius 2 is 1.90 bits per heavy atom. The highest BCUT2D eigenvalue weighted by atomic mass is 35.5. The molecule has 0 bridgehead atoms. The van der Waals surface area contributed by atoms with Crippen LogP contribution in [0.3, 0.4) is 0 Å². The molecule has 1 aromatic heterocycles. The molecule has 0 aliphatic carbocycles. The van der Waals surface area contributed by atoms with Gasteiger partial charge in [0.2, 0.25) is 0 Å². The Labute approximate surface area is 181 Å². The van der Waals surface area contributed by atoms with Crippen molar-refractivity contribution in [3.8, 4) is 22.6 Å². The van der Waals surface area contributed by atoms with Crippen LogP contribution in [-0.2, 0) is 6.54 Å². The Kier molecular flexibility index (Phi) is 7.31. The molecule has 6 heteroatoms. The van der Waals surface area contributed by atoms with Gasteiger partial charge in [-0.15, -0.1) is 0 Å². The standard InChI is InChI=1S/C24H25ClN2O3/c1-17(2)30-23-10-9-18(15-22(23)25)20-11-12-27(24(28)21(20)16-26-3)13-14-29-19-7-5-4-6-8-19/h4-12,15-17H,13-14H2,1-3H3. The van der Waals surface area contributed by atoms with E-state index in [-0.39, 0.29) is 11.7 Å². The molecular formula is C24H25ClN2O3. The van der Waals surface area contributed by atoms with Crippen molar-refractivity contribution in [2.75, 3.05) is 13.7 Å². The van der Waals surface area contributed by atoms with Crippen molar-refractivity contribution in [1.29, 1.82) is 0 Å². The first kappa shape index (κ1) is 21.7. The van der Waals surface area contributed by atoms with E-state index in [9.17, 15) is 4.79 Å². The van der Waals surface area contributed by atoms with E-state index in [1.807, 2.05) is 68.4 Å². The van der Waals surface area contributed by atoms with E-state index in [1.165, 1.54) is 0 Å². The Morgan fingerprint density at radius 3 is 2.57 bits per heavy atom. The van der Waals surface area contributed by atoms with Crippen molar-refractivity contribution in [2.45, 2.75) is 26.5 Å². The third-order valence-electron chi connectivity index (χ3n) is 4.41. The van der Waals surface area contributed by atoms with Crippen LogP contribution in [0.15, 0.2) is 70.6 Å². The largest absolute Gasteiger partial charge is 0.492 e. The zero-order valence-electron chi connectivity index (χ0n) is 17.3. The molecule has 0 saturated heterocycles. The molecule has 5 nitrogen and oxygen atoms in total. The molecule has 0 atom stereocenters. The number of hydrogen-bond donors (Lipinski definition) is 0. The zero-order valence-corrected chi connectivity index (χ0v) is 18.1. The molecule has 0 N–H and O–H groups in total. The van der Waals surface area contributed by atoms with E-state index in [2.05, 4.69) is 4.99 Å². The van der Waals surface area contributed by atoms with Crippen molar-refractivity contribution in [2.24, 2.45) is 4.99 Å². The predicted molar refractivity (Wildman–Crippen MR) is 122 cm³/mol. The van der Waals surface area contributed by atoms with Crippen LogP contribution in [0.4, 0.5) is 0 Å². The number of ether oxygens (including phenoxy) is 2. The highest BCUT2D eigenvalue weighted by molar-refractivity contribution is 6.32. The highest BCUT2D eigenvalue weighted by Crippen LogP contribution is 2.31. The second-order valence-electron chi connectivity index (χ2n) is 7.00. The SMILES string of the molecule is CN=Cc1c(-c2ccc(OC(C)C)c(Cl)c2)ccn(CCOc2ccccc2)c1=O. The Morgan fingerprint density at radius 1 is 1.13 bits per heavy atom. The molecular weight excluding hydrogens is 400 g/mol. The van der Waals surface area contributed by atoms with Crippen LogP contribution >= 0.6 is 11.6 Å². The number of aromatic nitrogens is 1. The minimum absolute atomic E-state index is 0.0261. The summed E-state index contributed by atoms with van der Waals surface area (Å²) in [5.74, 6) is 1.39. The number of para-hydroxylation sites is 1. The molecule has 3 aromatic rings. The summed E-state index contributed by atoms with van der Waals surface area (Å²) < 4.78 is 13.0. The lowest BCUT2D eigenvalue weighted by Gasteiger charge is -2.14. The first-order chi connectivity index (χ1) is 14.5. The first-order valence-corrected chi connectivity index (χ1v) is 10.2. The van der Waals surface area contributed by atoms with Crippen LogP contribution in [0.1, 0.15) is 19.4 Å². The quantitative estimate of drug-likeness (QED) is 0.473. The van der Waals surface area contributed by atoms with Gasteiger partial charge in [-0.3, -0.25) is 9.79 Å². The second kappa shape index (κ2) is 10.1. The maximum atomic E-state index is 13.1. The number of nitrogens with zero attached hydrogens (tertiary/aromatic N) is 2. The van der Waals surface area contributed by atoms with Crippen molar-refractivity contribution in [3.05, 3.63) is 81.7 Å². The maximum absolute atomic E-state index is 13.1. The average Bonchev–Trinajstić information content (AvgIpc) is 2.73. The molecule has 0 unspecified atom stereocenters. The third kappa shape index (κ3) is 5.30. The van der Waals surface area contributed by atoms with E-state index in [1.54, 1.807) is 24.0 Å². The maximum Gasteiger partial charge on any atom is 0.260 e. The van der Waals surface area contributed by atoms with E-state index in [4.69, 9.17) is 21.1 Å². The fourth-order valence-electron chi connectivity index (χ4n) is 3.07. The van der Waals surface area contributed by atoms with Gasteiger partial charge in [0, 0.05) is 19.5 Å². The summed E-state index contributed by atoms with van der Waals surface area (Å²) in [6.45, 7) is 4.71. The minimum atomic E-state index is -0.131. The highest BCUT2D eigenvalue weighted by Gasteiger charge is 2.13. The molecule has 0 radical (unpaired) electrons. The first-order valence-electron chi connectivity index (χ1n) is 9.79. The summed E-state index contributed by atoms with van der Waals surface area (Å²) in [5, 5.41) is 0.501. The number of rotatable bonds is 8. The number of aliphatic imine (C=N–C) groups is 1. The molecule has 0 amide bonds. The van der Waals surface area contributed by atoms with E-state index < -0.39 is 0 Å². The summed E-state index contributed by atoms with van der Waals surface area (Å²) in [7, 11) is 1.64. The van der Waals surface area contributed by atoms with Gasteiger partial charge in [-0.25, -0.2) is 0 Å². The van der Waals surface area contributed by atoms with Gasteiger partial charge in [0.25, 0.3) is 5.56 Å². The average molecular weight is 425 g/mol. The van der Waals surface area contributed by atoms with Gasteiger partial charge in [0.15, 0.2) is 0 Å². The van der Waals surface area contributed by atoms with Crippen LogP contribution in [0.2, 0.25) is 5.02 Å². The van der Waals surface area contributed by atoms with E-state index >= 15 is 0 Å². The molecule has 30 heavy (non-hydrogen) atoms. The molecule has 2 aromatic carbocycles. The van der Waals surface area contributed by atoms with Crippen LogP contribution in [0.5, 0.6) is 11.5 Å². The lowest BCUT2D eigenvalue weighted by molar-refractivity contribution is 0.242. The van der Waals surface area contributed by atoms with Crippen molar-refractivity contribution in [3.63, 3.8) is 0 Å². The summed E-state index contributed by atoms with van der Waals surface area (Å²) in [4.78, 5) is 17.1. The third-order valence-corrected chi connectivity index (χ3v) is 4.71. The Hall–Kier alpha value is -3.05. The van der Waals surface area contributed by atoms with Gasteiger partial charge in [0.05, 0.1) is 23.2 Å². The van der Waals surface area contributed by atoms with Crippen molar-refractivity contribution < 1.29 is 9.47 Å². The monoisotopic (exact) mass is 424 g/mol. The summed E-state index contributed by atoms with van der Waals surface area (Å²) >= 11 is 6.39. The topological polar surface area (TPSA) is 52.8 Å². The molecule has 0 spiro atoms. The van der Waals surface area contributed by atoms with Gasteiger partial charge in [-0.2, -0.15) is 0 Å². The van der Waals surface area contributed by atoms with Crippen LogP contribution < -0.4 is 15.0 Å². The smallest absolute Gasteiger partial charge is 0.260 e. The Bertz CT molecular complexity index is 1080. The zero-order chi connectivity index (χ0) is 21.5. The van der Waals surface area contributed by atoms with Crippen LogP contribution in [-0.4, -0.2) is 30.5 Å². The normalized spacial score (nSPS) is 11.2.